The summed E-state index contributed by atoms with van der Waals surface area (Å²) in [6.45, 7) is 2.84. The fraction of sp³-hybridized carbons (Fsp3) is 0.333. The summed E-state index contributed by atoms with van der Waals surface area (Å²) in [6.07, 6.45) is 6.57. The van der Waals surface area contributed by atoms with Crippen LogP contribution in [0, 0.1) is 6.92 Å². The number of imidazole rings is 1. The number of rotatable bonds is 2. The van der Waals surface area contributed by atoms with Gasteiger partial charge >= 0.3 is 5.69 Å². The molecule has 138 valence electrons. The van der Waals surface area contributed by atoms with E-state index in [1.54, 1.807) is 22.6 Å². The summed E-state index contributed by atoms with van der Waals surface area (Å²) < 4.78 is 6.79. The first-order chi connectivity index (χ1) is 13.1. The smallest absolute Gasteiger partial charge is 0.326 e. The summed E-state index contributed by atoms with van der Waals surface area (Å²) in [6, 6.07) is 1.81. The Bertz CT molecular complexity index is 1210. The van der Waals surface area contributed by atoms with Crippen LogP contribution < -0.4 is 5.69 Å². The van der Waals surface area contributed by atoms with Gasteiger partial charge in [0.25, 0.3) is 5.91 Å². The molecule has 0 bridgehead atoms. The third-order valence-corrected chi connectivity index (χ3v) is 5.29. The summed E-state index contributed by atoms with van der Waals surface area (Å²) in [4.78, 5) is 37.6. The highest BCUT2D eigenvalue weighted by atomic mass is 16.5. The molecule has 0 aromatic carbocycles. The highest BCUT2D eigenvalue weighted by molar-refractivity contribution is 6.01. The number of piperidine rings is 1. The Morgan fingerprint density at radius 2 is 2.26 bits per heavy atom. The van der Waals surface area contributed by atoms with Gasteiger partial charge in [0, 0.05) is 24.7 Å². The van der Waals surface area contributed by atoms with E-state index in [1.165, 1.54) is 6.20 Å². The van der Waals surface area contributed by atoms with Crippen LogP contribution in [-0.2, 0) is 0 Å². The van der Waals surface area contributed by atoms with Crippen molar-refractivity contribution in [2.75, 3.05) is 13.1 Å². The molecule has 2 N–H and O–H groups in total. The maximum absolute atomic E-state index is 12.8. The fourth-order valence-electron chi connectivity index (χ4n) is 3.99. The van der Waals surface area contributed by atoms with Gasteiger partial charge in [-0.3, -0.25) is 9.36 Å². The molecule has 1 amide bonds. The van der Waals surface area contributed by atoms with Crippen LogP contribution in [0.25, 0.3) is 22.1 Å². The van der Waals surface area contributed by atoms with Crippen molar-refractivity contribution in [2.45, 2.75) is 25.8 Å². The van der Waals surface area contributed by atoms with Crippen LogP contribution >= 0.6 is 0 Å². The van der Waals surface area contributed by atoms with Crippen LogP contribution in [0.4, 0.5) is 0 Å². The van der Waals surface area contributed by atoms with Gasteiger partial charge < -0.3 is 19.4 Å². The normalized spacial score (nSPS) is 17.8. The first-order valence-electron chi connectivity index (χ1n) is 8.90. The van der Waals surface area contributed by atoms with Crippen molar-refractivity contribution in [3.63, 3.8) is 0 Å². The average Bonchev–Trinajstić information content (AvgIpc) is 3.38. The molecule has 0 spiro atoms. The summed E-state index contributed by atoms with van der Waals surface area (Å²) in [5.41, 5.74) is 2.55. The molecule has 4 aromatic rings. The van der Waals surface area contributed by atoms with E-state index in [4.69, 9.17) is 4.52 Å². The summed E-state index contributed by atoms with van der Waals surface area (Å²) in [5.74, 6) is 0.395. The second kappa shape index (κ2) is 5.83. The van der Waals surface area contributed by atoms with Gasteiger partial charge in [0.15, 0.2) is 0 Å². The third-order valence-electron chi connectivity index (χ3n) is 5.29. The van der Waals surface area contributed by atoms with E-state index in [-0.39, 0.29) is 17.6 Å². The number of aromatic nitrogens is 5. The standard InChI is InChI=1S/C18H18N6O3/c1-10-13(7-21-27-10)17(25)23-6-2-3-11(9-23)24-15-12-4-5-19-16(12)20-8-14(15)22-18(24)26/h4-5,7-8,11H,2-3,6,9H2,1H3,(H,19,20)(H,22,26)/t11-/m1/s1. The number of H-pyrrole nitrogens is 2. The number of carbonyl (C=O) groups is 1. The SMILES string of the molecule is Cc1oncc1C(=O)N1CCC[C@@H](n2c(=O)[nH]c3cnc4[nH]ccc4c32)C1. The van der Waals surface area contributed by atoms with Crippen molar-refractivity contribution >= 4 is 28.0 Å². The Kier molecular flexibility index (Phi) is 3.43. The molecule has 1 aliphatic rings. The maximum atomic E-state index is 12.8. The number of amides is 1. The lowest BCUT2D eigenvalue weighted by Gasteiger charge is -2.33. The number of nitrogens with one attached hydrogen (secondary N) is 2. The molecule has 5 rings (SSSR count). The quantitative estimate of drug-likeness (QED) is 0.563. The zero-order chi connectivity index (χ0) is 18.5. The van der Waals surface area contributed by atoms with Gasteiger partial charge in [-0.2, -0.15) is 0 Å². The third kappa shape index (κ3) is 2.38. The maximum Gasteiger partial charge on any atom is 0.326 e. The average molecular weight is 366 g/mol. The van der Waals surface area contributed by atoms with Crippen molar-refractivity contribution in [3.05, 3.63) is 46.5 Å². The number of likely N-dealkylation sites (tertiary alicyclic amines) is 1. The predicted octanol–water partition coefficient (Wildman–Crippen LogP) is 1.98. The minimum atomic E-state index is -0.180. The monoisotopic (exact) mass is 366 g/mol. The molecule has 9 nitrogen and oxygen atoms in total. The summed E-state index contributed by atoms with van der Waals surface area (Å²) >= 11 is 0. The number of aryl methyl sites for hydroxylation is 1. The Morgan fingerprint density at radius 3 is 3.07 bits per heavy atom. The second-order valence-electron chi connectivity index (χ2n) is 6.90. The van der Waals surface area contributed by atoms with Crippen molar-refractivity contribution < 1.29 is 9.32 Å². The molecule has 1 fully saturated rings. The minimum Gasteiger partial charge on any atom is -0.361 e. The number of pyridine rings is 1. The Morgan fingerprint density at radius 1 is 1.37 bits per heavy atom. The lowest BCUT2D eigenvalue weighted by atomic mass is 10.0. The first kappa shape index (κ1) is 15.9. The van der Waals surface area contributed by atoms with Crippen LogP contribution in [0.2, 0.25) is 0 Å². The molecular weight excluding hydrogens is 348 g/mol. The van der Waals surface area contributed by atoms with Crippen molar-refractivity contribution in [3.8, 4) is 0 Å². The van der Waals surface area contributed by atoms with E-state index in [0.29, 0.717) is 29.9 Å². The molecule has 0 saturated carbocycles. The number of hydrogen-bond donors (Lipinski definition) is 2. The molecule has 5 heterocycles. The van der Waals surface area contributed by atoms with E-state index in [2.05, 4.69) is 20.1 Å². The molecule has 1 aliphatic heterocycles. The fourth-order valence-corrected chi connectivity index (χ4v) is 3.99. The van der Waals surface area contributed by atoms with Gasteiger partial charge in [0.05, 0.1) is 29.5 Å². The molecule has 0 radical (unpaired) electrons. The second-order valence-corrected chi connectivity index (χ2v) is 6.90. The van der Waals surface area contributed by atoms with Gasteiger partial charge in [-0.25, -0.2) is 9.78 Å². The molecular formula is C18H18N6O3. The molecule has 0 aliphatic carbocycles. The largest absolute Gasteiger partial charge is 0.361 e. The van der Waals surface area contributed by atoms with Crippen LogP contribution in [0.1, 0.15) is 35.0 Å². The topological polar surface area (TPSA) is 113 Å². The highest BCUT2D eigenvalue weighted by Crippen LogP contribution is 2.28. The Labute approximate surface area is 153 Å². The van der Waals surface area contributed by atoms with E-state index in [1.807, 2.05) is 12.3 Å². The highest BCUT2D eigenvalue weighted by Gasteiger charge is 2.29. The lowest BCUT2D eigenvalue weighted by molar-refractivity contribution is 0.0678. The van der Waals surface area contributed by atoms with Crippen LogP contribution in [0.3, 0.4) is 0 Å². The first-order valence-corrected chi connectivity index (χ1v) is 8.90. The minimum absolute atomic E-state index is 0.107. The molecule has 1 saturated heterocycles. The summed E-state index contributed by atoms with van der Waals surface area (Å²) in [5, 5.41) is 4.59. The van der Waals surface area contributed by atoms with E-state index in [0.717, 1.165) is 29.4 Å². The Hall–Kier alpha value is -3.36. The number of nitrogens with zero attached hydrogens (tertiary/aromatic N) is 4. The molecule has 0 unspecified atom stereocenters. The molecule has 9 heteroatoms. The number of aromatic amines is 2. The van der Waals surface area contributed by atoms with Crippen molar-refractivity contribution in [1.29, 1.82) is 0 Å². The van der Waals surface area contributed by atoms with Crippen LogP contribution in [-0.4, -0.2) is 48.6 Å². The van der Waals surface area contributed by atoms with Crippen LogP contribution in [0.15, 0.2) is 34.0 Å². The van der Waals surface area contributed by atoms with E-state index >= 15 is 0 Å². The zero-order valence-corrected chi connectivity index (χ0v) is 14.7. The van der Waals surface area contributed by atoms with Gasteiger partial charge in [-0.15, -0.1) is 0 Å². The molecule has 27 heavy (non-hydrogen) atoms. The van der Waals surface area contributed by atoms with Gasteiger partial charge in [-0.1, -0.05) is 5.16 Å². The number of carbonyl (C=O) groups excluding carboxylic acids is 1. The van der Waals surface area contributed by atoms with Crippen molar-refractivity contribution in [2.24, 2.45) is 0 Å². The van der Waals surface area contributed by atoms with E-state index in [9.17, 15) is 9.59 Å². The van der Waals surface area contributed by atoms with Gasteiger partial charge in [0.2, 0.25) is 0 Å². The lowest BCUT2D eigenvalue weighted by Crippen LogP contribution is -2.42. The molecule has 4 aromatic heterocycles. The van der Waals surface area contributed by atoms with E-state index < -0.39 is 0 Å². The van der Waals surface area contributed by atoms with Gasteiger partial charge in [-0.05, 0) is 25.8 Å². The van der Waals surface area contributed by atoms with Crippen LogP contribution in [0.5, 0.6) is 0 Å². The van der Waals surface area contributed by atoms with Gasteiger partial charge in [0.1, 0.15) is 17.0 Å². The number of fused-ring (bicyclic) bond motifs is 3. The number of hydrogen-bond acceptors (Lipinski definition) is 5. The predicted molar refractivity (Wildman–Crippen MR) is 97.6 cm³/mol. The Balaban J connectivity index is 1.56. The molecule has 1 atom stereocenters. The van der Waals surface area contributed by atoms with Crippen molar-refractivity contribution in [1.82, 2.24) is 29.6 Å². The zero-order valence-electron chi connectivity index (χ0n) is 14.7. The summed E-state index contributed by atoms with van der Waals surface area (Å²) in [7, 11) is 0.